The van der Waals surface area contributed by atoms with Crippen LogP contribution >= 0.6 is 11.6 Å². The molecule has 1 atom stereocenters. The summed E-state index contributed by atoms with van der Waals surface area (Å²) in [6.45, 7) is 4.02. The number of anilines is 1. The number of hydrogen-bond acceptors (Lipinski definition) is 3. The van der Waals surface area contributed by atoms with E-state index in [9.17, 15) is 9.59 Å². The summed E-state index contributed by atoms with van der Waals surface area (Å²) in [5.41, 5.74) is 4.05. The lowest BCUT2D eigenvalue weighted by molar-refractivity contribution is -0.116. The molecule has 7 heteroatoms. The summed E-state index contributed by atoms with van der Waals surface area (Å²) in [6.07, 6.45) is 0.943. The Kier molecular flexibility index (Phi) is 6.75. The molecule has 1 aromatic heterocycles. The van der Waals surface area contributed by atoms with Gasteiger partial charge in [0.1, 0.15) is 12.4 Å². The molecule has 2 N–H and O–H groups in total. The van der Waals surface area contributed by atoms with Crippen molar-refractivity contribution in [2.45, 2.75) is 32.9 Å². The zero-order chi connectivity index (χ0) is 23.4. The smallest absolute Gasteiger partial charge is 0.251 e. The maximum Gasteiger partial charge on any atom is 0.251 e. The molecule has 4 rings (SSSR count). The van der Waals surface area contributed by atoms with Crippen LogP contribution < -0.4 is 10.6 Å². The third kappa shape index (κ3) is 5.23. The maximum absolute atomic E-state index is 12.9. The van der Waals surface area contributed by atoms with Gasteiger partial charge in [-0.2, -0.15) is 0 Å². The number of hydrogen-bond donors (Lipinski definition) is 2. The largest absolute Gasteiger partial charge is 0.342 e. The first-order chi connectivity index (χ1) is 15.9. The second kappa shape index (κ2) is 9.88. The molecular formula is C26H25ClN4O2. The predicted molar refractivity (Wildman–Crippen MR) is 132 cm³/mol. The van der Waals surface area contributed by atoms with Crippen molar-refractivity contribution in [2.75, 3.05) is 5.32 Å². The zero-order valence-corrected chi connectivity index (χ0v) is 19.3. The molecule has 0 radical (unpaired) electrons. The number of rotatable bonds is 7. The molecule has 0 bridgehead atoms. The van der Waals surface area contributed by atoms with E-state index in [-0.39, 0.29) is 18.4 Å². The van der Waals surface area contributed by atoms with E-state index >= 15 is 0 Å². The highest BCUT2D eigenvalue weighted by atomic mass is 35.5. The third-order valence-corrected chi connectivity index (χ3v) is 5.73. The highest BCUT2D eigenvalue weighted by Crippen LogP contribution is 2.22. The first-order valence-electron chi connectivity index (χ1n) is 10.8. The van der Waals surface area contributed by atoms with Crippen molar-refractivity contribution in [1.82, 2.24) is 14.9 Å². The lowest BCUT2D eigenvalue weighted by atomic mass is 10.1. The molecule has 0 aliphatic heterocycles. The SMILES string of the molecule is CCc1ccc(NC(=O)Cn2c(C(C)NC(=O)c3ccc(Cl)cc3)nc3ccccc32)cc1. The third-order valence-electron chi connectivity index (χ3n) is 5.47. The minimum absolute atomic E-state index is 0.0759. The van der Waals surface area contributed by atoms with E-state index in [4.69, 9.17) is 16.6 Å². The molecule has 4 aromatic rings. The van der Waals surface area contributed by atoms with Crippen molar-refractivity contribution in [2.24, 2.45) is 0 Å². The number of aryl methyl sites for hydroxylation is 1. The number of para-hydroxylation sites is 2. The summed E-state index contributed by atoms with van der Waals surface area (Å²) in [6, 6.07) is 21.7. The minimum atomic E-state index is -0.419. The highest BCUT2D eigenvalue weighted by molar-refractivity contribution is 6.30. The number of carbonyl (C=O) groups is 2. The quantitative estimate of drug-likeness (QED) is 0.388. The van der Waals surface area contributed by atoms with Crippen molar-refractivity contribution in [1.29, 1.82) is 0 Å². The lowest BCUT2D eigenvalue weighted by Crippen LogP contribution is -2.30. The van der Waals surface area contributed by atoms with Crippen LogP contribution in [0.3, 0.4) is 0 Å². The van der Waals surface area contributed by atoms with Gasteiger partial charge in [-0.05, 0) is 67.4 Å². The molecule has 3 aromatic carbocycles. The Labute approximate surface area is 197 Å². The molecule has 2 amide bonds. The van der Waals surface area contributed by atoms with Crippen LogP contribution in [0.1, 0.15) is 41.6 Å². The normalized spacial score (nSPS) is 11.8. The molecular weight excluding hydrogens is 436 g/mol. The van der Waals surface area contributed by atoms with Gasteiger partial charge in [-0.25, -0.2) is 4.98 Å². The van der Waals surface area contributed by atoms with Crippen LogP contribution in [0.15, 0.2) is 72.8 Å². The number of carbonyl (C=O) groups excluding carboxylic acids is 2. The van der Waals surface area contributed by atoms with Gasteiger partial charge in [-0.1, -0.05) is 42.8 Å². The number of benzene rings is 3. The van der Waals surface area contributed by atoms with E-state index in [0.717, 1.165) is 23.1 Å². The van der Waals surface area contributed by atoms with Crippen LogP contribution in [0, 0.1) is 0 Å². The lowest BCUT2D eigenvalue weighted by Gasteiger charge is -2.16. The van der Waals surface area contributed by atoms with E-state index in [2.05, 4.69) is 17.6 Å². The van der Waals surface area contributed by atoms with Crippen molar-refractivity contribution in [3.63, 3.8) is 0 Å². The van der Waals surface area contributed by atoms with E-state index in [1.165, 1.54) is 5.56 Å². The molecule has 0 saturated heterocycles. The summed E-state index contributed by atoms with van der Waals surface area (Å²) < 4.78 is 1.85. The summed E-state index contributed by atoms with van der Waals surface area (Å²) in [5.74, 6) is 0.202. The summed E-state index contributed by atoms with van der Waals surface area (Å²) >= 11 is 5.92. The van der Waals surface area contributed by atoms with E-state index in [1.54, 1.807) is 24.3 Å². The number of amides is 2. The van der Waals surface area contributed by atoms with Gasteiger partial charge in [0.2, 0.25) is 5.91 Å². The number of aromatic nitrogens is 2. The van der Waals surface area contributed by atoms with E-state index < -0.39 is 6.04 Å². The second-order valence-electron chi connectivity index (χ2n) is 7.85. The van der Waals surface area contributed by atoms with Crippen molar-refractivity contribution in [3.8, 4) is 0 Å². The highest BCUT2D eigenvalue weighted by Gasteiger charge is 2.20. The van der Waals surface area contributed by atoms with Gasteiger partial charge in [-0.3, -0.25) is 9.59 Å². The van der Waals surface area contributed by atoms with Crippen LogP contribution in [0.5, 0.6) is 0 Å². The Hall–Kier alpha value is -3.64. The van der Waals surface area contributed by atoms with E-state index in [0.29, 0.717) is 16.4 Å². The monoisotopic (exact) mass is 460 g/mol. The van der Waals surface area contributed by atoms with Crippen molar-refractivity contribution >= 4 is 40.1 Å². The Morgan fingerprint density at radius 1 is 1.00 bits per heavy atom. The molecule has 6 nitrogen and oxygen atoms in total. The molecule has 0 saturated carbocycles. The number of halogens is 1. The van der Waals surface area contributed by atoms with Crippen LogP contribution in [0.25, 0.3) is 11.0 Å². The standard InChI is InChI=1S/C26H25ClN4O2/c1-3-18-8-14-21(15-9-18)29-24(32)16-31-23-7-5-4-6-22(23)30-25(31)17(2)28-26(33)19-10-12-20(27)13-11-19/h4-15,17H,3,16H2,1-2H3,(H,28,33)(H,29,32). The average molecular weight is 461 g/mol. The van der Waals surface area contributed by atoms with Gasteiger partial charge in [0, 0.05) is 16.3 Å². The van der Waals surface area contributed by atoms with Gasteiger partial charge < -0.3 is 15.2 Å². The van der Waals surface area contributed by atoms with Gasteiger partial charge in [-0.15, -0.1) is 0 Å². The van der Waals surface area contributed by atoms with Gasteiger partial charge in [0.25, 0.3) is 5.91 Å². The first-order valence-corrected chi connectivity index (χ1v) is 11.2. The average Bonchev–Trinajstić information content (AvgIpc) is 3.18. The predicted octanol–water partition coefficient (Wildman–Crippen LogP) is 5.38. The molecule has 0 fully saturated rings. The number of nitrogens with zero attached hydrogens (tertiary/aromatic N) is 2. The molecule has 1 heterocycles. The molecule has 33 heavy (non-hydrogen) atoms. The topological polar surface area (TPSA) is 76.0 Å². The van der Waals surface area contributed by atoms with Crippen LogP contribution in [0.2, 0.25) is 5.02 Å². The number of fused-ring (bicyclic) bond motifs is 1. The summed E-state index contributed by atoms with van der Waals surface area (Å²) in [5, 5.41) is 6.49. The fourth-order valence-corrected chi connectivity index (χ4v) is 3.83. The molecule has 0 spiro atoms. The Morgan fingerprint density at radius 3 is 2.39 bits per heavy atom. The Balaban J connectivity index is 1.56. The number of nitrogens with one attached hydrogen (secondary N) is 2. The Morgan fingerprint density at radius 2 is 1.70 bits per heavy atom. The zero-order valence-electron chi connectivity index (χ0n) is 18.5. The van der Waals surface area contributed by atoms with Crippen LogP contribution in [-0.4, -0.2) is 21.4 Å². The van der Waals surface area contributed by atoms with Crippen molar-refractivity contribution in [3.05, 3.63) is 94.8 Å². The fourth-order valence-electron chi connectivity index (χ4n) is 3.70. The summed E-state index contributed by atoms with van der Waals surface area (Å²) in [4.78, 5) is 30.3. The van der Waals surface area contributed by atoms with E-state index in [1.807, 2.05) is 60.0 Å². The fraction of sp³-hybridized carbons (Fsp3) is 0.192. The van der Waals surface area contributed by atoms with Crippen molar-refractivity contribution < 1.29 is 9.59 Å². The minimum Gasteiger partial charge on any atom is -0.342 e. The van der Waals surface area contributed by atoms with Gasteiger partial charge in [0.05, 0.1) is 17.1 Å². The summed E-state index contributed by atoms with van der Waals surface area (Å²) in [7, 11) is 0. The molecule has 0 aliphatic rings. The second-order valence-corrected chi connectivity index (χ2v) is 8.28. The number of imidazole rings is 1. The van der Waals surface area contributed by atoms with Gasteiger partial charge >= 0.3 is 0 Å². The van der Waals surface area contributed by atoms with Crippen LogP contribution in [0.4, 0.5) is 5.69 Å². The molecule has 1 unspecified atom stereocenters. The van der Waals surface area contributed by atoms with Gasteiger partial charge in [0.15, 0.2) is 0 Å². The maximum atomic E-state index is 12.9. The first kappa shape index (κ1) is 22.6. The molecule has 0 aliphatic carbocycles. The van der Waals surface area contributed by atoms with Crippen LogP contribution in [-0.2, 0) is 17.8 Å². The Bertz CT molecular complexity index is 1280. The molecule has 168 valence electrons.